The van der Waals surface area contributed by atoms with Crippen LogP contribution in [0.1, 0.15) is 15.9 Å². The molecule has 0 saturated heterocycles. The van der Waals surface area contributed by atoms with Gasteiger partial charge in [-0.2, -0.15) is 5.10 Å². The van der Waals surface area contributed by atoms with Gasteiger partial charge in [-0.25, -0.2) is 4.68 Å². The first-order valence-corrected chi connectivity index (χ1v) is 10.8. The average Bonchev–Trinajstić information content (AvgIpc) is 3.27. The molecule has 0 bridgehead atoms. The second-order valence-electron chi connectivity index (χ2n) is 7.35. The van der Waals surface area contributed by atoms with Crippen molar-refractivity contribution in [3.63, 3.8) is 0 Å². The van der Waals surface area contributed by atoms with E-state index in [4.69, 9.17) is 10.8 Å². The van der Waals surface area contributed by atoms with Crippen molar-refractivity contribution < 1.29 is 14.7 Å². The lowest BCUT2D eigenvalue weighted by molar-refractivity contribution is -0.138. The van der Waals surface area contributed by atoms with E-state index in [9.17, 15) is 9.59 Å². The van der Waals surface area contributed by atoms with Crippen molar-refractivity contribution in [2.45, 2.75) is 12.5 Å². The summed E-state index contributed by atoms with van der Waals surface area (Å²) in [6.07, 6.45) is 5.21. The minimum atomic E-state index is -1.06. The number of hydrogen-bond donors (Lipinski definition) is 3. The number of hydrogen-bond acceptors (Lipinski definition) is 5. The monoisotopic (exact) mass is 505 g/mol. The number of carboxylic acids is 1. The molecule has 166 valence electrons. The number of halogens is 1. The molecule has 0 aliphatic rings. The van der Waals surface area contributed by atoms with Crippen molar-refractivity contribution in [2.24, 2.45) is 5.73 Å². The molecule has 33 heavy (non-hydrogen) atoms. The summed E-state index contributed by atoms with van der Waals surface area (Å²) in [7, 11) is 0. The van der Waals surface area contributed by atoms with E-state index in [1.807, 2.05) is 24.3 Å². The van der Waals surface area contributed by atoms with Gasteiger partial charge in [0.15, 0.2) is 0 Å². The van der Waals surface area contributed by atoms with E-state index in [1.165, 1.54) is 0 Å². The molecule has 1 atom stereocenters. The zero-order valence-electron chi connectivity index (χ0n) is 17.4. The van der Waals surface area contributed by atoms with E-state index >= 15 is 0 Å². The highest BCUT2D eigenvalue weighted by atomic mass is 79.9. The van der Waals surface area contributed by atoms with Crippen LogP contribution in [0, 0.1) is 0 Å². The van der Waals surface area contributed by atoms with Crippen LogP contribution in [0.2, 0.25) is 0 Å². The molecule has 0 aliphatic carbocycles. The minimum absolute atomic E-state index is 0.204. The van der Waals surface area contributed by atoms with Crippen molar-refractivity contribution in [1.82, 2.24) is 14.8 Å². The number of aliphatic carboxylic acids is 1. The molecule has 4 N–H and O–H groups in total. The number of nitrogens with two attached hydrogens (primary N) is 1. The van der Waals surface area contributed by atoms with Gasteiger partial charge in [0, 0.05) is 34.3 Å². The van der Waals surface area contributed by atoms with Gasteiger partial charge in [0.25, 0.3) is 5.91 Å². The predicted octanol–water partition coefficient (Wildman–Crippen LogP) is 3.90. The SMILES string of the molecule is N[C@@H](Cc1ccc(NC(=O)c2cn(-c3ccncc3)nc2-c2cccc(Br)c2)cc1)C(=O)O. The van der Waals surface area contributed by atoms with Gasteiger partial charge in [-0.15, -0.1) is 0 Å². The summed E-state index contributed by atoms with van der Waals surface area (Å²) in [4.78, 5) is 28.2. The third-order valence-electron chi connectivity index (χ3n) is 4.97. The fourth-order valence-corrected chi connectivity index (χ4v) is 3.68. The zero-order chi connectivity index (χ0) is 23.4. The molecular formula is C24H20BrN5O3. The van der Waals surface area contributed by atoms with Crippen LogP contribution < -0.4 is 11.1 Å². The zero-order valence-corrected chi connectivity index (χ0v) is 18.9. The Morgan fingerprint density at radius 2 is 1.82 bits per heavy atom. The van der Waals surface area contributed by atoms with Crippen LogP contribution in [0.5, 0.6) is 0 Å². The second-order valence-corrected chi connectivity index (χ2v) is 8.27. The molecular weight excluding hydrogens is 486 g/mol. The quantitative estimate of drug-likeness (QED) is 0.350. The second kappa shape index (κ2) is 9.76. The van der Waals surface area contributed by atoms with Crippen LogP contribution in [0.15, 0.2) is 83.7 Å². The summed E-state index contributed by atoms with van der Waals surface area (Å²) in [5, 5.41) is 16.5. The molecule has 0 saturated carbocycles. The highest BCUT2D eigenvalue weighted by molar-refractivity contribution is 9.10. The maximum atomic E-state index is 13.2. The van der Waals surface area contributed by atoms with Crippen LogP contribution in [0.4, 0.5) is 5.69 Å². The summed E-state index contributed by atoms with van der Waals surface area (Å²) in [6, 6.07) is 17.1. The Balaban J connectivity index is 1.62. The van der Waals surface area contributed by atoms with Crippen molar-refractivity contribution in [3.05, 3.63) is 94.9 Å². The summed E-state index contributed by atoms with van der Waals surface area (Å²) in [5.41, 5.74) is 9.44. The van der Waals surface area contributed by atoms with Gasteiger partial charge in [-0.1, -0.05) is 40.2 Å². The van der Waals surface area contributed by atoms with Gasteiger partial charge >= 0.3 is 5.97 Å². The molecule has 1 amide bonds. The van der Waals surface area contributed by atoms with E-state index in [1.54, 1.807) is 59.7 Å². The van der Waals surface area contributed by atoms with Crippen LogP contribution in [0.25, 0.3) is 16.9 Å². The Morgan fingerprint density at radius 1 is 1.09 bits per heavy atom. The minimum Gasteiger partial charge on any atom is -0.480 e. The van der Waals surface area contributed by atoms with Gasteiger partial charge in [-0.3, -0.25) is 14.6 Å². The summed E-state index contributed by atoms with van der Waals surface area (Å²) >= 11 is 3.47. The number of nitrogens with one attached hydrogen (secondary N) is 1. The number of nitrogens with zero attached hydrogens (tertiary/aromatic N) is 3. The Kier molecular flexibility index (Phi) is 6.62. The smallest absolute Gasteiger partial charge is 0.320 e. The van der Waals surface area contributed by atoms with Crippen molar-refractivity contribution >= 4 is 33.5 Å². The molecule has 4 rings (SSSR count). The number of carbonyl (C=O) groups excluding carboxylic acids is 1. The normalized spacial score (nSPS) is 11.7. The average molecular weight is 506 g/mol. The number of rotatable bonds is 7. The molecule has 0 aliphatic heterocycles. The largest absolute Gasteiger partial charge is 0.480 e. The predicted molar refractivity (Wildman–Crippen MR) is 128 cm³/mol. The lowest BCUT2D eigenvalue weighted by Gasteiger charge is -2.09. The molecule has 4 aromatic rings. The molecule has 0 radical (unpaired) electrons. The van der Waals surface area contributed by atoms with E-state index in [0.29, 0.717) is 16.9 Å². The Bertz CT molecular complexity index is 1290. The maximum absolute atomic E-state index is 13.2. The highest BCUT2D eigenvalue weighted by Crippen LogP contribution is 2.27. The van der Waals surface area contributed by atoms with Gasteiger partial charge in [0.2, 0.25) is 0 Å². The Morgan fingerprint density at radius 3 is 2.48 bits per heavy atom. The lowest BCUT2D eigenvalue weighted by Crippen LogP contribution is -2.32. The fraction of sp³-hybridized carbons (Fsp3) is 0.0833. The van der Waals surface area contributed by atoms with Gasteiger partial charge in [0.1, 0.15) is 11.7 Å². The Hall–Kier alpha value is -3.82. The van der Waals surface area contributed by atoms with E-state index in [-0.39, 0.29) is 12.3 Å². The van der Waals surface area contributed by atoms with Gasteiger partial charge in [0.05, 0.1) is 11.3 Å². The first kappa shape index (κ1) is 22.4. The van der Waals surface area contributed by atoms with E-state index < -0.39 is 12.0 Å². The van der Waals surface area contributed by atoms with Crippen LogP contribution in [0.3, 0.4) is 0 Å². The third-order valence-corrected chi connectivity index (χ3v) is 5.46. The lowest BCUT2D eigenvalue weighted by atomic mass is 10.1. The Labute approximate surface area is 198 Å². The number of pyridine rings is 1. The van der Waals surface area contributed by atoms with Crippen LogP contribution >= 0.6 is 15.9 Å². The van der Waals surface area contributed by atoms with Crippen molar-refractivity contribution in [2.75, 3.05) is 5.32 Å². The first-order valence-electron chi connectivity index (χ1n) is 10.1. The molecule has 9 heteroatoms. The number of anilines is 1. The number of carboxylic acid groups (broad SMARTS) is 1. The summed E-state index contributed by atoms with van der Waals surface area (Å²) < 4.78 is 2.52. The molecule has 0 fully saturated rings. The van der Waals surface area contributed by atoms with Gasteiger partial charge < -0.3 is 16.2 Å². The van der Waals surface area contributed by atoms with E-state index in [2.05, 4.69) is 31.3 Å². The number of benzene rings is 2. The molecule has 2 aromatic carbocycles. The number of amides is 1. The van der Waals surface area contributed by atoms with Crippen LogP contribution in [-0.4, -0.2) is 37.8 Å². The van der Waals surface area contributed by atoms with Crippen molar-refractivity contribution in [1.29, 1.82) is 0 Å². The highest BCUT2D eigenvalue weighted by Gasteiger charge is 2.19. The van der Waals surface area contributed by atoms with Crippen LogP contribution in [-0.2, 0) is 11.2 Å². The van der Waals surface area contributed by atoms with E-state index in [0.717, 1.165) is 21.3 Å². The molecule has 2 aromatic heterocycles. The first-order chi connectivity index (χ1) is 15.9. The molecule has 0 spiro atoms. The molecule has 2 heterocycles. The summed E-state index contributed by atoms with van der Waals surface area (Å²) in [5.74, 6) is -1.38. The standard InChI is InChI=1S/C24H20BrN5O3/c25-17-3-1-2-16(13-17)22-20(14-30(29-22)19-8-10-27-11-9-19)23(31)28-18-6-4-15(5-7-18)12-21(26)24(32)33/h1-11,13-14,21H,12,26H2,(H,28,31)(H,32,33)/t21-/m0/s1. The number of aromatic nitrogens is 3. The third kappa shape index (κ3) is 5.33. The summed E-state index contributed by atoms with van der Waals surface area (Å²) in [6.45, 7) is 0. The topological polar surface area (TPSA) is 123 Å². The molecule has 8 nitrogen and oxygen atoms in total. The van der Waals surface area contributed by atoms with Gasteiger partial charge in [-0.05, 0) is 48.4 Å². The van der Waals surface area contributed by atoms with Crippen molar-refractivity contribution in [3.8, 4) is 16.9 Å². The number of carbonyl (C=O) groups is 2. The fourth-order valence-electron chi connectivity index (χ4n) is 3.28. The molecule has 0 unspecified atom stereocenters. The maximum Gasteiger partial charge on any atom is 0.320 e.